The van der Waals surface area contributed by atoms with Crippen LogP contribution in [0.3, 0.4) is 0 Å². The van der Waals surface area contributed by atoms with Crippen molar-refractivity contribution >= 4 is 22.9 Å². The molecule has 1 aromatic rings. The van der Waals surface area contributed by atoms with E-state index in [1.807, 2.05) is 0 Å². The Morgan fingerprint density at radius 1 is 1.73 bits per heavy atom. The molecule has 1 saturated heterocycles. The highest BCUT2D eigenvalue weighted by Gasteiger charge is 2.22. The maximum atomic E-state index is 6.09. The van der Waals surface area contributed by atoms with Crippen molar-refractivity contribution in [1.29, 1.82) is 0 Å². The fourth-order valence-electron chi connectivity index (χ4n) is 1.20. The van der Waals surface area contributed by atoms with Gasteiger partial charge in [-0.25, -0.2) is 0 Å². The van der Waals surface area contributed by atoms with Gasteiger partial charge in [-0.05, 0) is 30.8 Å². The lowest BCUT2D eigenvalue weighted by Crippen LogP contribution is -2.34. The molecule has 1 aromatic heterocycles. The summed E-state index contributed by atoms with van der Waals surface area (Å²) in [6.45, 7) is 3.19. The van der Waals surface area contributed by atoms with E-state index in [0.717, 1.165) is 11.6 Å². The van der Waals surface area contributed by atoms with Crippen molar-refractivity contribution in [3.05, 3.63) is 20.8 Å². The van der Waals surface area contributed by atoms with Crippen LogP contribution in [0.25, 0.3) is 0 Å². The highest BCUT2D eigenvalue weighted by molar-refractivity contribution is 7.10. The Morgan fingerprint density at radius 2 is 2.45 bits per heavy atom. The van der Waals surface area contributed by atoms with Gasteiger partial charge in [-0.3, -0.25) is 0 Å². The van der Waals surface area contributed by atoms with E-state index in [0.29, 0.717) is 6.04 Å². The smallest absolute Gasteiger partial charge is 0.0590 e. The van der Waals surface area contributed by atoms with Crippen LogP contribution < -0.4 is 5.32 Å². The first-order chi connectivity index (χ1) is 5.29. The van der Waals surface area contributed by atoms with Gasteiger partial charge in [0.1, 0.15) is 0 Å². The SMILES string of the molecule is Cc1csc([C@H]2CCN2)c1Cl. The minimum atomic E-state index is 0.543. The summed E-state index contributed by atoms with van der Waals surface area (Å²) in [5, 5.41) is 6.43. The normalized spacial score (nSPS) is 23.3. The van der Waals surface area contributed by atoms with Gasteiger partial charge in [0.25, 0.3) is 0 Å². The van der Waals surface area contributed by atoms with Crippen LogP contribution in [0.1, 0.15) is 22.9 Å². The molecule has 0 spiro atoms. The van der Waals surface area contributed by atoms with Gasteiger partial charge in [-0.2, -0.15) is 0 Å². The molecule has 2 heterocycles. The largest absolute Gasteiger partial charge is 0.309 e. The summed E-state index contributed by atoms with van der Waals surface area (Å²) < 4.78 is 0. The number of hydrogen-bond acceptors (Lipinski definition) is 2. The molecule has 2 rings (SSSR count). The average molecular weight is 188 g/mol. The maximum Gasteiger partial charge on any atom is 0.0590 e. The highest BCUT2D eigenvalue weighted by Crippen LogP contribution is 2.36. The number of rotatable bonds is 1. The zero-order valence-corrected chi connectivity index (χ0v) is 7.93. The van der Waals surface area contributed by atoms with Gasteiger partial charge in [0, 0.05) is 10.9 Å². The number of thiophene rings is 1. The zero-order valence-electron chi connectivity index (χ0n) is 6.36. The molecule has 0 amide bonds. The summed E-state index contributed by atoms with van der Waals surface area (Å²) >= 11 is 7.85. The topological polar surface area (TPSA) is 12.0 Å². The van der Waals surface area contributed by atoms with Gasteiger partial charge >= 0.3 is 0 Å². The van der Waals surface area contributed by atoms with Gasteiger partial charge in [-0.1, -0.05) is 11.6 Å². The summed E-state index contributed by atoms with van der Waals surface area (Å²) in [4.78, 5) is 1.32. The van der Waals surface area contributed by atoms with Crippen LogP contribution in [0.2, 0.25) is 5.02 Å². The minimum Gasteiger partial charge on any atom is -0.309 e. The molecule has 0 aromatic carbocycles. The fourth-order valence-corrected chi connectivity index (χ4v) is 2.63. The van der Waals surface area contributed by atoms with Crippen LogP contribution in [0.5, 0.6) is 0 Å². The lowest BCUT2D eigenvalue weighted by atomic mass is 10.1. The average Bonchev–Trinajstić information content (AvgIpc) is 2.15. The molecule has 1 aliphatic heterocycles. The number of nitrogens with one attached hydrogen (secondary N) is 1. The van der Waals surface area contributed by atoms with Gasteiger partial charge in [0.05, 0.1) is 5.02 Å². The van der Waals surface area contributed by atoms with Crippen LogP contribution in [-0.4, -0.2) is 6.54 Å². The maximum absolute atomic E-state index is 6.09. The second kappa shape index (κ2) is 2.77. The first kappa shape index (κ1) is 7.59. The van der Waals surface area contributed by atoms with E-state index in [1.165, 1.54) is 16.9 Å². The first-order valence-corrected chi connectivity index (χ1v) is 5.01. The van der Waals surface area contributed by atoms with Crippen LogP contribution in [0, 0.1) is 6.92 Å². The van der Waals surface area contributed by atoms with Gasteiger partial charge < -0.3 is 5.32 Å². The summed E-state index contributed by atoms with van der Waals surface area (Å²) in [6, 6.07) is 0.543. The van der Waals surface area contributed by atoms with Gasteiger partial charge in [-0.15, -0.1) is 11.3 Å². The molecule has 0 bridgehead atoms. The van der Waals surface area contributed by atoms with Crippen LogP contribution in [0.15, 0.2) is 5.38 Å². The molecule has 0 radical (unpaired) electrons. The standard InChI is InChI=1S/C8H10ClNS/c1-5-4-11-8(7(5)9)6-2-3-10-6/h4,6,10H,2-3H2,1H3/t6-/m1/s1. The van der Waals surface area contributed by atoms with Crippen molar-refractivity contribution in [2.75, 3.05) is 6.54 Å². The van der Waals surface area contributed by atoms with E-state index < -0.39 is 0 Å². The molecular formula is C8H10ClNS. The van der Waals surface area contributed by atoms with Crippen molar-refractivity contribution in [2.24, 2.45) is 0 Å². The third-order valence-electron chi connectivity index (χ3n) is 2.07. The molecule has 60 valence electrons. The molecule has 1 nitrogen and oxygen atoms in total. The number of halogens is 1. The Bertz CT molecular complexity index is 265. The van der Waals surface area contributed by atoms with E-state index in [9.17, 15) is 0 Å². The quantitative estimate of drug-likeness (QED) is 0.713. The van der Waals surface area contributed by atoms with E-state index in [1.54, 1.807) is 11.3 Å². The lowest BCUT2D eigenvalue weighted by Gasteiger charge is -2.26. The Kier molecular flexibility index (Phi) is 1.91. The van der Waals surface area contributed by atoms with Crippen LogP contribution in [0.4, 0.5) is 0 Å². The second-order valence-corrected chi connectivity index (χ2v) is 4.18. The third-order valence-corrected chi connectivity index (χ3v) is 3.89. The van der Waals surface area contributed by atoms with Crippen molar-refractivity contribution in [3.8, 4) is 0 Å². The molecule has 1 aliphatic rings. The molecule has 1 atom stereocenters. The molecule has 1 fully saturated rings. The van der Waals surface area contributed by atoms with Crippen molar-refractivity contribution < 1.29 is 0 Å². The Hall–Kier alpha value is -0.0500. The number of hydrogen-bond donors (Lipinski definition) is 1. The molecule has 11 heavy (non-hydrogen) atoms. The van der Waals surface area contributed by atoms with Crippen molar-refractivity contribution in [2.45, 2.75) is 19.4 Å². The minimum absolute atomic E-state index is 0.543. The van der Waals surface area contributed by atoms with Crippen LogP contribution in [-0.2, 0) is 0 Å². The highest BCUT2D eigenvalue weighted by atomic mass is 35.5. The summed E-state index contributed by atoms with van der Waals surface area (Å²) in [7, 11) is 0. The molecule has 0 aliphatic carbocycles. The molecule has 0 saturated carbocycles. The zero-order chi connectivity index (χ0) is 7.84. The number of aryl methyl sites for hydroxylation is 1. The predicted octanol–water partition coefficient (Wildman–Crippen LogP) is 2.74. The van der Waals surface area contributed by atoms with E-state index >= 15 is 0 Å². The van der Waals surface area contributed by atoms with Gasteiger partial charge in [0.15, 0.2) is 0 Å². The first-order valence-electron chi connectivity index (χ1n) is 3.76. The monoisotopic (exact) mass is 187 g/mol. The fraction of sp³-hybridized carbons (Fsp3) is 0.500. The molecule has 0 unspecified atom stereocenters. The summed E-state index contributed by atoms with van der Waals surface area (Å²) in [5.74, 6) is 0. The van der Waals surface area contributed by atoms with Crippen molar-refractivity contribution in [3.63, 3.8) is 0 Å². The summed E-state index contributed by atoms with van der Waals surface area (Å²) in [5.41, 5.74) is 1.21. The Labute approximate surface area is 75.4 Å². The molecular weight excluding hydrogens is 178 g/mol. The Morgan fingerprint density at radius 3 is 2.82 bits per heavy atom. The van der Waals surface area contributed by atoms with Crippen LogP contribution >= 0.6 is 22.9 Å². The van der Waals surface area contributed by atoms with E-state index in [4.69, 9.17) is 11.6 Å². The van der Waals surface area contributed by atoms with Gasteiger partial charge in [0.2, 0.25) is 0 Å². The summed E-state index contributed by atoms with van der Waals surface area (Å²) in [6.07, 6.45) is 1.24. The van der Waals surface area contributed by atoms with E-state index in [2.05, 4.69) is 17.6 Å². The Balaban J connectivity index is 2.29. The second-order valence-electron chi connectivity index (χ2n) is 2.89. The third kappa shape index (κ3) is 1.19. The molecule has 3 heteroatoms. The lowest BCUT2D eigenvalue weighted by molar-refractivity contribution is 0.389. The predicted molar refractivity (Wildman–Crippen MR) is 49.4 cm³/mol. The van der Waals surface area contributed by atoms with Crippen molar-refractivity contribution in [1.82, 2.24) is 5.32 Å². The van der Waals surface area contributed by atoms with E-state index in [-0.39, 0.29) is 0 Å². The molecule has 1 N–H and O–H groups in total.